The molecule has 19 heavy (non-hydrogen) atoms. The summed E-state index contributed by atoms with van der Waals surface area (Å²) in [6.07, 6.45) is 5.62. The maximum atomic E-state index is 5.25. The summed E-state index contributed by atoms with van der Waals surface area (Å²) in [6, 6.07) is 3.95. The van der Waals surface area contributed by atoms with Crippen molar-refractivity contribution in [2.75, 3.05) is 31.5 Å². The van der Waals surface area contributed by atoms with Crippen molar-refractivity contribution in [3.63, 3.8) is 0 Å². The first-order valence-electron chi connectivity index (χ1n) is 6.94. The van der Waals surface area contributed by atoms with Crippen LogP contribution >= 0.6 is 12.2 Å². The Balaban J connectivity index is 1.61. The molecule has 1 aromatic rings. The summed E-state index contributed by atoms with van der Waals surface area (Å²) < 4.78 is 0. The molecule has 1 aromatic heterocycles. The van der Waals surface area contributed by atoms with Crippen molar-refractivity contribution >= 4 is 23.1 Å². The highest BCUT2D eigenvalue weighted by Gasteiger charge is 2.10. The lowest BCUT2D eigenvalue weighted by Crippen LogP contribution is -2.31. The SMILES string of the molecule is Cc1ccnc(NC(=S)NCCCN2CCCC2)c1. The van der Waals surface area contributed by atoms with Gasteiger partial charge in [-0.3, -0.25) is 0 Å². The Morgan fingerprint density at radius 3 is 2.95 bits per heavy atom. The summed E-state index contributed by atoms with van der Waals surface area (Å²) in [5.74, 6) is 0.803. The van der Waals surface area contributed by atoms with Gasteiger partial charge >= 0.3 is 0 Å². The van der Waals surface area contributed by atoms with Gasteiger partial charge < -0.3 is 15.5 Å². The lowest BCUT2D eigenvalue weighted by molar-refractivity contribution is 0.334. The molecular formula is C14H22N4S. The standard InChI is InChI=1S/C14H22N4S/c1-12-5-7-15-13(11-12)17-14(19)16-6-4-10-18-8-2-3-9-18/h5,7,11H,2-4,6,8-10H2,1H3,(H2,15,16,17,19). The van der Waals surface area contributed by atoms with Crippen LogP contribution in [0.3, 0.4) is 0 Å². The highest BCUT2D eigenvalue weighted by atomic mass is 32.1. The van der Waals surface area contributed by atoms with Gasteiger partial charge in [-0.1, -0.05) is 0 Å². The van der Waals surface area contributed by atoms with Crippen molar-refractivity contribution in [3.05, 3.63) is 23.9 Å². The third-order valence-corrected chi connectivity index (χ3v) is 3.54. The van der Waals surface area contributed by atoms with Crippen molar-refractivity contribution in [1.82, 2.24) is 15.2 Å². The molecule has 0 bridgehead atoms. The van der Waals surface area contributed by atoms with Crippen LogP contribution in [0.15, 0.2) is 18.3 Å². The highest BCUT2D eigenvalue weighted by Crippen LogP contribution is 2.07. The quantitative estimate of drug-likeness (QED) is 0.638. The summed E-state index contributed by atoms with van der Waals surface area (Å²) in [5.41, 5.74) is 1.18. The zero-order chi connectivity index (χ0) is 13.5. The number of thiocarbonyl (C=S) groups is 1. The van der Waals surface area contributed by atoms with E-state index < -0.39 is 0 Å². The summed E-state index contributed by atoms with van der Waals surface area (Å²) in [7, 11) is 0. The fraction of sp³-hybridized carbons (Fsp3) is 0.571. The first kappa shape index (κ1) is 14.2. The van der Waals surface area contributed by atoms with E-state index in [1.807, 2.05) is 19.1 Å². The van der Waals surface area contributed by atoms with Crippen LogP contribution in [0.2, 0.25) is 0 Å². The Hall–Kier alpha value is -1.20. The molecule has 0 spiro atoms. The minimum Gasteiger partial charge on any atom is -0.362 e. The zero-order valence-corrected chi connectivity index (χ0v) is 12.3. The van der Waals surface area contributed by atoms with Crippen LogP contribution in [0, 0.1) is 6.92 Å². The van der Waals surface area contributed by atoms with E-state index in [-0.39, 0.29) is 0 Å². The lowest BCUT2D eigenvalue weighted by Gasteiger charge is -2.15. The predicted molar refractivity (Wildman–Crippen MR) is 83.5 cm³/mol. The van der Waals surface area contributed by atoms with Crippen molar-refractivity contribution in [1.29, 1.82) is 0 Å². The Labute approximate surface area is 120 Å². The summed E-state index contributed by atoms with van der Waals surface area (Å²) in [5, 5.41) is 6.99. The summed E-state index contributed by atoms with van der Waals surface area (Å²) >= 11 is 5.25. The van der Waals surface area contributed by atoms with Crippen LogP contribution in [0.25, 0.3) is 0 Å². The number of pyridine rings is 1. The number of hydrogen-bond donors (Lipinski definition) is 2. The van der Waals surface area contributed by atoms with Crippen LogP contribution in [0.5, 0.6) is 0 Å². The molecule has 0 amide bonds. The van der Waals surface area contributed by atoms with E-state index in [2.05, 4.69) is 20.5 Å². The average molecular weight is 278 g/mol. The van der Waals surface area contributed by atoms with Crippen molar-refractivity contribution in [2.24, 2.45) is 0 Å². The van der Waals surface area contributed by atoms with Crippen molar-refractivity contribution in [3.8, 4) is 0 Å². The molecule has 1 fully saturated rings. The molecule has 2 N–H and O–H groups in total. The number of nitrogens with zero attached hydrogens (tertiary/aromatic N) is 2. The van der Waals surface area contributed by atoms with Gasteiger partial charge in [-0.2, -0.15) is 0 Å². The minimum absolute atomic E-state index is 0.652. The van der Waals surface area contributed by atoms with Crippen LogP contribution in [-0.4, -0.2) is 41.2 Å². The molecule has 2 rings (SSSR count). The number of rotatable bonds is 5. The molecule has 0 saturated carbocycles. The molecule has 104 valence electrons. The van der Waals surface area contributed by atoms with Crippen LogP contribution in [0.4, 0.5) is 5.82 Å². The molecule has 0 unspecified atom stereocenters. The smallest absolute Gasteiger partial charge is 0.171 e. The number of anilines is 1. The van der Waals surface area contributed by atoms with E-state index in [1.54, 1.807) is 6.20 Å². The second-order valence-corrected chi connectivity index (χ2v) is 5.41. The zero-order valence-electron chi connectivity index (χ0n) is 11.5. The molecule has 1 aliphatic rings. The first-order valence-corrected chi connectivity index (χ1v) is 7.35. The van der Waals surface area contributed by atoms with Crippen LogP contribution in [0.1, 0.15) is 24.8 Å². The second kappa shape index (κ2) is 7.40. The molecule has 0 radical (unpaired) electrons. The molecule has 0 aromatic carbocycles. The van der Waals surface area contributed by atoms with Crippen molar-refractivity contribution in [2.45, 2.75) is 26.2 Å². The topological polar surface area (TPSA) is 40.2 Å². The maximum absolute atomic E-state index is 5.25. The van der Waals surface area contributed by atoms with E-state index in [1.165, 1.54) is 31.5 Å². The van der Waals surface area contributed by atoms with Crippen molar-refractivity contribution < 1.29 is 0 Å². The van der Waals surface area contributed by atoms with Gasteiger partial charge in [0.15, 0.2) is 5.11 Å². The largest absolute Gasteiger partial charge is 0.362 e. The molecule has 5 heteroatoms. The molecule has 0 aliphatic carbocycles. The van der Waals surface area contributed by atoms with E-state index in [9.17, 15) is 0 Å². The number of aromatic nitrogens is 1. The first-order chi connectivity index (χ1) is 9.24. The molecule has 1 saturated heterocycles. The average Bonchev–Trinajstić information content (AvgIpc) is 2.88. The molecular weight excluding hydrogens is 256 g/mol. The van der Waals surface area contributed by atoms with Crippen LogP contribution < -0.4 is 10.6 Å². The normalized spacial score (nSPS) is 15.4. The van der Waals surface area contributed by atoms with Gasteiger partial charge in [0.2, 0.25) is 0 Å². The van der Waals surface area contributed by atoms with Gasteiger partial charge in [-0.15, -0.1) is 0 Å². The van der Waals surface area contributed by atoms with Gasteiger partial charge in [0.05, 0.1) is 0 Å². The lowest BCUT2D eigenvalue weighted by atomic mass is 10.3. The Kier molecular flexibility index (Phi) is 5.54. The van der Waals surface area contributed by atoms with Gasteiger partial charge in [0, 0.05) is 12.7 Å². The second-order valence-electron chi connectivity index (χ2n) is 5.00. The third-order valence-electron chi connectivity index (χ3n) is 3.29. The minimum atomic E-state index is 0.652. The van der Waals surface area contributed by atoms with E-state index in [4.69, 9.17) is 12.2 Å². The predicted octanol–water partition coefficient (Wildman–Crippen LogP) is 2.16. The molecule has 1 aliphatic heterocycles. The maximum Gasteiger partial charge on any atom is 0.171 e. The summed E-state index contributed by atoms with van der Waals surface area (Å²) in [4.78, 5) is 6.74. The van der Waals surface area contributed by atoms with Gasteiger partial charge in [0.25, 0.3) is 0 Å². The van der Waals surface area contributed by atoms with E-state index in [0.29, 0.717) is 5.11 Å². The number of likely N-dealkylation sites (tertiary alicyclic amines) is 1. The fourth-order valence-electron chi connectivity index (χ4n) is 2.28. The molecule has 0 atom stereocenters. The number of hydrogen-bond acceptors (Lipinski definition) is 3. The van der Waals surface area contributed by atoms with E-state index >= 15 is 0 Å². The Morgan fingerprint density at radius 1 is 1.42 bits per heavy atom. The monoisotopic (exact) mass is 278 g/mol. The van der Waals surface area contributed by atoms with Gasteiger partial charge in [-0.25, -0.2) is 4.98 Å². The highest BCUT2D eigenvalue weighted by molar-refractivity contribution is 7.80. The number of nitrogens with one attached hydrogen (secondary N) is 2. The molecule has 4 nitrogen and oxygen atoms in total. The van der Waals surface area contributed by atoms with Crippen LogP contribution in [-0.2, 0) is 0 Å². The molecule has 2 heterocycles. The third kappa shape index (κ3) is 5.12. The summed E-state index contributed by atoms with van der Waals surface area (Å²) in [6.45, 7) is 6.64. The Bertz CT molecular complexity index is 416. The fourth-order valence-corrected chi connectivity index (χ4v) is 2.48. The van der Waals surface area contributed by atoms with E-state index in [0.717, 1.165) is 25.3 Å². The van der Waals surface area contributed by atoms with Gasteiger partial charge in [0.1, 0.15) is 5.82 Å². The Morgan fingerprint density at radius 2 is 2.21 bits per heavy atom. The number of aryl methyl sites for hydroxylation is 1. The van der Waals surface area contributed by atoms with Gasteiger partial charge in [-0.05, 0) is 75.7 Å².